The van der Waals surface area contributed by atoms with E-state index in [1.54, 1.807) is 18.2 Å². The smallest absolute Gasteiger partial charge is 0.263 e. The molecule has 0 fully saturated rings. The van der Waals surface area contributed by atoms with E-state index in [0.717, 1.165) is 0 Å². The number of nitrogens with one attached hydrogen (secondary N) is 1. The summed E-state index contributed by atoms with van der Waals surface area (Å²) in [6.07, 6.45) is 2.83. The molecule has 1 aromatic carbocycles. The minimum atomic E-state index is 0. The topological polar surface area (TPSA) is 81.1 Å². The van der Waals surface area contributed by atoms with Crippen molar-refractivity contribution in [2.75, 3.05) is 11.3 Å². The van der Waals surface area contributed by atoms with Gasteiger partial charge >= 0.3 is 0 Å². The maximum atomic E-state index is 5.96. The Kier molecular flexibility index (Phi) is 5.21. The maximum Gasteiger partial charge on any atom is 0.263 e. The molecule has 2 rings (SSSR count). The van der Waals surface area contributed by atoms with Crippen LogP contribution < -0.4 is 11.3 Å². The Bertz CT molecular complexity index is 533. The molecule has 1 aromatic heterocycles. The van der Waals surface area contributed by atoms with Crippen LogP contribution in [0.2, 0.25) is 10.0 Å². The van der Waals surface area contributed by atoms with E-state index in [0.29, 0.717) is 21.6 Å². The van der Waals surface area contributed by atoms with Gasteiger partial charge in [0.1, 0.15) is 6.33 Å². The zero-order chi connectivity index (χ0) is 12.3. The number of hydrazone groups is 1. The molecule has 0 unspecified atom stereocenters. The molecule has 2 aromatic rings. The second-order valence-electron chi connectivity index (χ2n) is 3.07. The maximum absolute atomic E-state index is 5.96. The lowest BCUT2D eigenvalue weighted by atomic mass is 10.2. The molecular weight excluding hydrogens is 298 g/mol. The Morgan fingerprint density at radius 3 is 2.56 bits per heavy atom. The average Bonchev–Trinajstić information content (AvgIpc) is 2.69. The number of halogens is 3. The van der Waals surface area contributed by atoms with Crippen LogP contribution in [0.25, 0.3) is 0 Å². The van der Waals surface area contributed by atoms with E-state index in [2.05, 4.69) is 20.7 Å². The van der Waals surface area contributed by atoms with Gasteiger partial charge < -0.3 is 5.84 Å². The third-order valence-corrected chi connectivity index (χ3v) is 2.59. The van der Waals surface area contributed by atoms with Gasteiger partial charge in [-0.3, -0.25) is 0 Å². The highest BCUT2D eigenvalue weighted by Crippen LogP contribution is 2.22. The van der Waals surface area contributed by atoms with Crippen molar-refractivity contribution >= 4 is 47.8 Å². The van der Waals surface area contributed by atoms with E-state index >= 15 is 0 Å². The number of rotatable bonds is 3. The molecule has 0 spiro atoms. The number of nitrogen functional groups attached to an aromatic ring is 1. The van der Waals surface area contributed by atoms with Gasteiger partial charge in [-0.25, -0.2) is 10.1 Å². The van der Waals surface area contributed by atoms with Crippen LogP contribution in [0.3, 0.4) is 0 Å². The van der Waals surface area contributed by atoms with Crippen LogP contribution in [0.1, 0.15) is 5.56 Å². The lowest BCUT2D eigenvalue weighted by molar-refractivity contribution is 0.988. The Balaban J connectivity index is 0.00000162. The van der Waals surface area contributed by atoms with E-state index in [-0.39, 0.29) is 12.4 Å². The van der Waals surface area contributed by atoms with Gasteiger partial charge in [-0.2, -0.15) is 5.10 Å². The summed E-state index contributed by atoms with van der Waals surface area (Å²) in [6, 6.07) is 5.20. The highest BCUT2D eigenvalue weighted by atomic mass is 35.5. The molecule has 0 bridgehead atoms. The fourth-order valence-corrected chi connectivity index (χ4v) is 1.61. The first-order valence-electron chi connectivity index (χ1n) is 4.56. The summed E-state index contributed by atoms with van der Waals surface area (Å²) in [5.74, 6) is 5.79. The summed E-state index contributed by atoms with van der Waals surface area (Å²) in [5.41, 5.74) is 3.23. The first-order valence-corrected chi connectivity index (χ1v) is 5.32. The SMILES string of the molecule is Cl.Nn1cnnc1NN=Cc1c(Cl)cccc1Cl. The van der Waals surface area contributed by atoms with Gasteiger partial charge in [0.2, 0.25) is 0 Å². The second kappa shape index (κ2) is 6.44. The Morgan fingerprint density at radius 2 is 2.00 bits per heavy atom. The predicted octanol–water partition coefficient (Wildman–Crippen LogP) is 2.17. The van der Waals surface area contributed by atoms with Crippen LogP contribution in [0.15, 0.2) is 29.6 Å². The largest absolute Gasteiger partial charge is 0.335 e. The third kappa shape index (κ3) is 3.25. The number of aromatic nitrogens is 3. The van der Waals surface area contributed by atoms with Gasteiger partial charge in [-0.15, -0.1) is 22.6 Å². The number of benzene rings is 1. The van der Waals surface area contributed by atoms with Crippen molar-refractivity contribution in [1.29, 1.82) is 0 Å². The average molecular weight is 308 g/mol. The first kappa shape index (κ1) is 14.6. The van der Waals surface area contributed by atoms with Crippen molar-refractivity contribution in [3.8, 4) is 0 Å². The minimum absolute atomic E-state index is 0. The van der Waals surface area contributed by atoms with Crippen molar-refractivity contribution in [3.05, 3.63) is 40.1 Å². The van der Waals surface area contributed by atoms with Crippen LogP contribution in [-0.2, 0) is 0 Å². The molecule has 3 N–H and O–H groups in total. The summed E-state index contributed by atoms with van der Waals surface area (Å²) >= 11 is 11.9. The van der Waals surface area contributed by atoms with E-state index in [9.17, 15) is 0 Å². The molecule has 0 saturated carbocycles. The first-order chi connectivity index (χ1) is 8.18. The molecular formula is C9H9Cl3N6. The normalized spacial score (nSPS) is 10.3. The lowest BCUT2D eigenvalue weighted by Gasteiger charge is -2.01. The van der Waals surface area contributed by atoms with Crippen molar-refractivity contribution < 1.29 is 0 Å². The Morgan fingerprint density at radius 1 is 1.33 bits per heavy atom. The molecule has 18 heavy (non-hydrogen) atoms. The van der Waals surface area contributed by atoms with E-state index in [1.807, 2.05) is 0 Å². The van der Waals surface area contributed by atoms with Gasteiger partial charge in [0, 0.05) is 5.56 Å². The Hall–Kier alpha value is -1.50. The van der Waals surface area contributed by atoms with Crippen molar-refractivity contribution in [1.82, 2.24) is 14.9 Å². The minimum Gasteiger partial charge on any atom is -0.335 e. The molecule has 0 saturated heterocycles. The van der Waals surface area contributed by atoms with E-state index in [4.69, 9.17) is 29.0 Å². The highest BCUT2D eigenvalue weighted by molar-refractivity contribution is 6.38. The van der Waals surface area contributed by atoms with Gasteiger partial charge in [-0.05, 0) is 12.1 Å². The molecule has 0 aliphatic heterocycles. The fraction of sp³-hybridized carbons (Fsp3) is 0. The predicted molar refractivity (Wildman–Crippen MR) is 75.1 cm³/mol. The molecule has 0 radical (unpaired) electrons. The van der Waals surface area contributed by atoms with E-state index < -0.39 is 0 Å². The third-order valence-electron chi connectivity index (χ3n) is 1.93. The molecule has 9 heteroatoms. The molecule has 1 heterocycles. The number of hydrogen-bond donors (Lipinski definition) is 2. The lowest BCUT2D eigenvalue weighted by Crippen LogP contribution is -2.10. The highest BCUT2D eigenvalue weighted by Gasteiger charge is 2.02. The van der Waals surface area contributed by atoms with Crippen LogP contribution in [0.4, 0.5) is 5.95 Å². The molecule has 96 valence electrons. The zero-order valence-electron chi connectivity index (χ0n) is 8.92. The number of nitrogens with zero attached hydrogens (tertiary/aromatic N) is 4. The van der Waals surface area contributed by atoms with Crippen LogP contribution in [-0.4, -0.2) is 21.1 Å². The molecule has 0 aliphatic carbocycles. The fourth-order valence-electron chi connectivity index (χ4n) is 1.11. The second-order valence-corrected chi connectivity index (χ2v) is 3.88. The van der Waals surface area contributed by atoms with Gasteiger partial charge in [0.25, 0.3) is 5.95 Å². The van der Waals surface area contributed by atoms with Crippen LogP contribution in [0.5, 0.6) is 0 Å². The van der Waals surface area contributed by atoms with Gasteiger partial charge in [0.15, 0.2) is 0 Å². The quantitative estimate of drug-likeness (QED) is 0.517. The Labute approximate surface area is 119 Å². The summed E-state index contributed by atoms with van der Waals surface area (Å²) in [6.45, 7) is 0. The summed E-state index contributed by atoms with van der Waals surface area (Å²) in [4.78, 5) is 0. The van der Waals surface area contributed by atoms with Crippen molar-refractivity contribution in [3.63, 3.8) is 0 Å². The molecule has 0 atom stereocenters. The van der Waals surface area contributed by atoms with Crippen LogP contribution in [0, 0.1) is 0 Å². The molecule has 6 nitrogen and oxygen atoms in total. The number of nitrogens with two attached hydrogens (primary N) is 1. The standard InChI is InChI=1S/C9H8Cl2N6.ClH/c10-7-2-1-3-8(11)6(7)4-13-15-9-16-14-5-17(9)12;/h1-5H,12H2,(H,15,16);1H. The van der Waals surface area contributed by atoms with E-state index in [1.165, 1.54) is 17.2 Å². The van der Waals surface area contributed by atoms with Crippen molar-refractivity contribution in [2.24, 2.45) is 5.10 Å². The van der Waals surface area contributed by atoms with Gasteiger partial charge in [-0.1, -0.05) is 29.3 Å². The number of anilines is 1. The molecule has 0 aliphatic rings. The summed E-state index contributed by atoms with van der Waals surface area (Å²) in [7, 11) is 0. The molecule has 0 amide bonds. The van der Waals surface area contributed by atoms with Crippen molar-refractivity contribution in [2.45, 2.75) is 0 Å². The summed E-state index contributed by atoms with van der Waals surface area (Å²) in [5, 5.41) is 12.2. The van der Waals surface area contributed by atoms with Gasteiger partial charge in [0.05, 0.1) is 16.3 Å². The monoisotopic (exact) mass is 306 g/mol. The van der Waals surface area contributed by atoms with Crippen LogP contribution >= 0.6 is 35.6 Å². The zero-order valence-corrected chi connectivity index (χ0v) is 11.2. The number of hydrogen-bond acceptors (Lipinski definition) is 5. The summed E-state index contributed by atoms with van der Waals surface area (Å²) < 4.78 is 1.20.